The number of hydrogen-bond acceptors (Lipinski definition) is 14. The van der Waals surface area contributed by atoms with Crippen LogP contribution < -0.4 is 0 Å². The van der Waals surface area contributed by atoms with E-state index >= 15 is 0 Å². The van der Waals surface area contributed by atoms with Crippen molar-refractivity contribution < 1.29 is 67.1 Å². The largest absolute Gasteiger partial charge is 0.469 e. The van der Waals surface area contributed by atoms with Crippen LogP contribution in [0.2, 0.25) is 0 Å². The highest BCUT2D eigenvalue weighted by Crippen LogP contribution is 2.56. The van der Waals surface area contributed by atoms with Crippen LogP contribution in [-0.2, 0) is 56.9 Å². The first-order chi connectivity index (χ1) is 28.9. The van der Waals surface area contributed by atoms with Crippen molar-refractivity contribution in [2.24, 2.45) is 11.8 Å². The maximum Gasteiger partial charge on any atom is 0.308 e. The van der Waals surface area contributed by atoms with Crippen molar-refractivity contribution in [2.75, 3.05) is 13.7 Å². The minimum absolute atomic E-state index is 0.0937. The minimum atomic E-state index is -0.901. The van der Waals surface area contributed by atoms with Gasteiger partial charge in [-0.1, -0.05) is 27.0 Å². The molecule has 2 unspecified atom stereocenters. The van der Waals surface area contributed by atoms with E-state index in [2.05, 4.69) is 27.0 Å². The van der Waals surface area contributed by atoms with Crippen molar-refractivity contribution in [3.05, 3.63) is 24.3 Å². The lowest BCUT2D eigenvalue weighted by molar-refractivity contribution is -0.355. The molecule has 10 fully saturated rings. The number of carbonyl (C=O) groups excluding carboxylic acids is 1. The Balaban J connectivity index is 0.755. The number of carbonyl (C=O) groups is 1. The minimum Gasteiger partial charge on any atom is -0.469 e. The van der Waals surface area contributed by atoms with Gasteiger partial charge < -0.3 is 62.3 Å². The Morgan fingerprint density at radius 1 is 0.902 bits per heavy atom. The van der Waals surface area contributed by atoms with Crippen molar-refractivity contribution in [1.82, 2.24) is 0 Å². The molecular formula is C46H69ClO14. The number of aliphatic hydroxyl groups excluding tert-OH is 2. The zero-order valence-electron chi connectivity index (χ0n) is 36.7. The normalized spacial score (nSPS) is 49.3. The number of fused-ring (bicyclic) bond motifs is 3. The highest BCUT2D eigenvalue weighted by atomic mass is 35.5. The predicted molar refractivity (Wildman–Crippen MR) is 220 cm³/mol. The van der Waals surface area contributed by atoms with E-state index in [0.717, 1.165) is 18.4 Å². The molecule has 21 atom stereocenters. The Morgan fingerprint density at radius 2 is 1.67 bits per heavy atom. The fraction of sp³-hybridized carbons (Fsp3) is 0.891. The van der Waals surface area contributed by atoms with Crippen LogP contribution in [0.15, 0.2) is 24.3 Å². The third kappa shape index (κ3) is 8.79. The van der Waals surface area contributed by atoms with Crippen molar-refractivity contribution in [2.45, 2.75) is 232 Å². The quantitative estimate of drug-likeness (QED) is 0.141. The molecule has 61 heavy (non-hydrogen) atoms. The second-order valence-corrected chi connectivity index (χ2v) is 21.0. The monoisotopic (exact) mass is 880 g/mol. The van der Waals surface area contributed by atoms with E-state index in [9.17, 15) is 15.0 Å². The topological polar surface area (TPSA) is 159 Å². The van der Waals surface area contributed by atoms with Crippen LogP contribution in [0.4, 0.5) is 0 Å². The van der Waals surface area contributed by atoms with Gasteiger partial charge in [-0.3, -0.25) is 4.79 Å². The molecule has 2 N–H and O–H groups in total. The lowest BCUT2D eigenvalue weighted by atomic mass is 9.79. The molecule has 0 amide bonds. The summed E-state index contributed by atoms with van der Waals surface area (Å²) in [4.78, 5) is 12.1. The Labute approximate surface area is 365 Å². The molecule has 0 aliphatic carbocycles. The first-order valence-electron chi connectivity index (χ1n) is 23.0. The zero-order chi connectivity index (χ0) is 43.2. The van der Waals surface area contributed by atoms with Crippen molar-refractivity contribution in [3.63, 3.8) is 0 Å². The van der Waals surface area contributed by atoms with Gasteiger partial charge in [0.25, 0.3) is 0 Å². The third-order valence-electron chi connectivity index (χ3n) is 15.5. The maximum absolute atomic E-state index is 12.1. The summed E-state index contributed by atoms with van der Waals surface area (Å²) in [5.41, 5.74) is 1.10. The average Bonchev–Trinajstić information content (AvgIpc) is 3.63. The number of halogens is 1. The molecule has 10 aliphatic heterocycles. The van der Waals surface area contributed by atoms with E-state index in [4.69, 9.17) is 63.7 Å². The van der Waals surface area contributed by atoms with Crippen LogP contribution in [0.1, 0.15) is 112 Å². The van der Waals surface area contributed by atoms with E-state index in [1.807, 2.05) is 20.8 Å². The van der Waals surface area contributed by atoms with Crippen LogP contribution >= 0.6 is 11.6 Å². The number of methoxy groups -OCH3 is 1. The Bertz CT molecular complexity index is 1650. The maximum atomic E-state index is 12.1. The Hall–Kier alpha value is -1.24. The summed E-state index contributed by atoms with van der Waals surface area (Å²) >= 11 is 7.00. The average molecular weight is 881 g/mol. The molecule has 10 rings (SSSR count). The smallest absolute Gasteiger partial charge is 0.308 e. The molecule has 10 heterocycles. The van der Waals surface area contributed by atoms with Crippen LogP contribution in [0.5, 0.6) is 0 Å². The summed E-state index contributed by atoms with van der Waals surface area (Å²) in [6, 6.07) is 0. The van der Waals surface area contributed by atoms with Crippen molar-refractivity contribution >= 4 is 17.6 Å². The highest BCUT2D eigenvalue weighted by Gasteiger charge is 2.71. The molecule has 0 radical (unpaired) electrons. The van der Waals surface area contributed by atoms with Gasteiger partial charge in [0.1, 0.15) is 36.6 Å². The van der Waals surface area contributed by atoms with Gasteiger partial charge in [0.05, 0.1) is 86.8 Å². The second-order valence-electron chi connectivity index (χ2n) is 20.4. The molecule has 14 nitrogen and oxygen atoms in total. The fourth-order valence-electron chi connectivity index (χ4n) is 12.0. The van der Waals surface area contributed by atoms with Gasteiger partial charge in [0.2, 0.25) is 0 Å². The fourth-order valence-corrected chi connectivity index (χ4v) is 12.3. The highest BCUT2D eigenvalue weighted by molar-refractivity contribution is 6.20. The van der Waals surface area contributed by atoms with E-state index in [0.29, 0.717) is 70.0 Å². The summed E-state index contributed by atoms with van der Waals surface area (Å²) < 4.78 is 70.0. The summed E-state index contributed by atoms with van der Waals surface area (Å²) in [6.07, 6.45) is 1.67. The van der Waals surface area contributed by atoms with E-state index < -0.39 is 47.7 Å². The molecule has 6 bridgehead atoms. The molecule has 15 heteroatoms. The molecule has 10 saturated heterocycles. The van der Waals surface area contributed by atoms with E-state index in [-0.39, 0.29) is 96.7 Å². The molecule has 0 aromatic carbocycles. The van der Waals surface area contributed by atoms with Gasteiger partial charge >= 0.3 is 5.97 Å². The Kier molecular flexibility index (Phi) is 12.7. The van der Waals surface area contributed by atoms with Gasteiger partial charge in [-0.15, -0.1) is 11.6 Å². The molecule has 0 aromatic rings. The summed E-state index contributed by atoms with van der Waals surface area (Å²) in [7, 11) is 1.39. The Morgan fingerprint density at radius 3 is 2.46 bits per heavy atom. The van der Waals surface area contributed by atoms with Crippen LogP contribution in [-0.4, -0.2) is 150 Å². The van der Waals surface area contributed by atoms with Gasteiger partial charge in [-0.2, -0.15) is 0 Å². The zero-order valence-corrected chi connectivity index (χ0v) is 37.5. The van der Waals surface area contributed by atoms with Gasteiger partial charge in [-0.05, 0) is 82.8 Å². The van der Waals surface area contributed by atoms with Crippen LogP contribution in [0.25, 0.3) is 0 Å². The molecule has 0 aromatic heterocycles. The van der Waals surface area contributed by atoms with E-state index in [1.54, 1.807) is 0 Å². The van der Waals surface area contributed by atoms with Crippen LogP contribution in [0.3, 0.4) is 0 Å². The molecular weight excluding hydrogens is 812 g/mol. The van der Waals surface area contributed by atoms with Gasteiger partial charge in [0.15, 0.2) is 11.6 Å². The number of ether oxygens (including phenoxy) is 11. The molecule has 0 saturated carbocycles. The van der Waals surface area contributed by atoms with Gasteiger partial charge in [0, 0.05) is 37.0 Å². The number of hydrogen-bond donors (Lipinski definition) is 2. The number of aliphatic hydroxyl groups is 2. The standard InChI is InChI=1S/C46H69ClO14/c1-22-16-27(53-30(24(22)3)18-32-37(50)25(4)38-33(55-32)19-31-35(57-38)21-52-44(5,6)58-31)9-10-29(48)23(2)15-26(47)11-14-46-20-34-39(60-46)41-40(56-34)42(61-46)43-45(7,59-41)13-12-28(54-43)17-36(49)51-8/h22,25-35,37-43,48,50H,2-3,9-21H2,1,4-8H3/t22-,25-,26-,27+,28-,29+,30-,31-,32+,33+,34-,35-,37-,38+,39?,40-,41+,42?,43-,45+,46+/m1/s1. The summed E-state index contributed by atoms with van der Waals surface area (Å²) in [6.45, 7) is 19.2. The summed E-state index contributed by atoms with van der Waals surface area (Å²) in [5, 5.41) is 22.5. The predicted octanol–water partition coefficient (Wildman–Crippen LogP) is 5.19. The summed E-state index contributed by atoms with van der Waals surface area (Å²) in [5.74, 6) is -1.81. The third-order valence-corrected chi connectivity index (χ3v) is 15.9. The lowest BCUT2D eigenvalue weighted by Gasteiger charge is -2.53. The van der Waals surface area contributed by atoms with Gasteiger partial charge in [-0.25, -0.2) is 0 Å². The molecule has 0 spiro atoms. The van der Waals surface area contributed by atoms with Crippen molar-refractivity contribution in [1.29, 1.82) is 0 Å². The number of esters is 1. The number of alkyl halides is 1. The lowest BCUT2D eigenvalue weighted by Crippen LogP contribution is -2.67. The molecule has 344 valence electrons. The SMILES string of the molecule is C=C(C[C@H](Cl)CC[C@@]12C[C@H]3O[C@H]4C(O1)[C@H]1O[C@@H](CC(=O)OC)CC[C@]1(C)O[C@H]4C3O2)[C@@H](O)CC[C@H]1C[C@@H](C)C(=C)[C@@H](C[C@@H]2O[C@H]3C[C@H]4OC(C)(C)OC[C@H]4O[C@H]3[C@H](C)[C@H]2O)O1. The van der Waals surface area contributed by atoms with Crippen LogP contribution in [0, 0.1) is 11.8 Å². The molecule has 10 aliphatic rings. The second kappa shape index (κ2) is 17.2. The number of rotatable bonds is 13. The van der Waals surface area contributed by atoms with Crippen molar-refractivity contribution in [3.8, 4) is 0 Å². The first kappa shape index (κ1) is 44.9. The van der Waals surface area contributed by atoms with E-state index in [1.165, 1.54) is 7.11 Å². The first-order valence-corrected chi connectivity index (χ1v) is 23.4.